The molecule has 0 unspecified atom stereocenters. The quantitative estimate of drug-likeness (QED) is 0.454. The minimum atomic E-state index is -4.41. The largest absolute Gasteiger partial charge is 0.489 e. The average molecular weight is 442 g/mol. The number of benzene rings is 2. The Labute approximate surface area is 185 Å². The summed E-state index contributed by atoms with van der Waals surface area (Å²) in [6.45, 7) is 5.34. The van der Waals surface area contributed by atoms with Crippen LogP contribution < -0.4 is 14.4 Å². The third kappa shape index (κ3) is 5.15. The Hall–Kier alpha value is -3.22. The first-order chi connectivity index (χ1) is 15.3. The molecule has 0 spiro atoms. The number of pyridine rings is 1. The topological polar surface area (TPSA) is 34.6 Å². The first-order valence-electron chi connectivity index (χ1n) is 10.6. The summed E-state index contributed by atoms with van der Waals surface area (Å²) in [5, 5.41) is 0. The summed E-state index contributed by atoms with van der Waals surface area (Å²) < 4.78 is 50.2. The first-order valence-corrected chi connectivity index (χ1v) is 10.6. The predicted octanol–water partition coefficient (Wildman–Crippen LogP) is 6.21. The molecule has 1 aliphatic heterocycles. The Kier molecular flexibility index (Phi) is 6.26. The SMILES string of the molecule is CC(C)Oc1cc(-c2ccccc2)ccc1N1CC[C@H](Oc2ccc(C(F)(F)F)cn2)C1. The van der Waals surface area contributed by atoms with Crippen LogP contribution in [0.3, 0.4) is 0 Å². The molecule has 0 saturated carbocycles. The first kappa shape index (κ1) is 22.0. The van der Waals surface area contributed by atoms with Gasteiger partial charge in [0.05, 0.1) is 23.9 Å². The minimum Gasteiger partial charge on any atom is -0.489 e. The standard InChI is InChI=1S/C25H25F3N2O2/c1-17(2)31-23-14-19(18-6-4-3-5-7-18)8-10-22(23)30-13-12-21(16-30)32-24-11-9-20(15-29-24)25(26,27)28/h3-11,14-15,17,21H,12-13,16H2,1-2H3/t21-/m0/s1. The highest BCUT2D eigenvalue weighted by atomic mass is 19.4. The Morgan fingerprint density at radius 1 is 1.00 bits per heavy atom. The molecule has 0 aliphatic carbocycles. The molecule has 0 bridgehead atoms. The maximum Gasteiger partial charge on any atom is 0.417 e. The Morgan fingerprint density at radius 2 is 1.78 bits per heavy atom. The normalized spacial score (nSPS) is 16.4. The highest BCUT2D eigenvalue weighted by Gasteiger charge is 2.31. The van der Waals surface area contributed by atoms with Crippen LogP contribution in [0.4, 0.5) is 18.9 Å². The predicted molar refractivity (Wildman–Crippen MR) is 118 cm³/mol. The molecule has 1 aromatic heterocycles. The van der Waals surface area contributed by atoms with Crippen molar-refractivity contribution >= 4 is 5.69 Å². The summed E-state index contributed by atoms with van der Waals surface area (Å²) in [5.41, 5.74) is 2.38. The van der Waals surface area contributed by atoms with E-state index in [-0.39, 0.29) is 18.1 Å². The maximum atomic E-state index is 12.7. The van der Waals surface area contributed by atoms with E-state index in [1.165, 1.54) is 6.07 Å². The highest BCUT2D eigenvalue weighted by Crippen LogP contribution is 2.36. The van der Waals surface area contributed by atoms with Gasteiger partial charge in [-0.25, -0.2) is 4.98 Å². The van der Waals surface area contributed by atoms with Gasteiger partial charge >= 0.3 is 6.18 Å². The van der Waals surface area contributed by atoms with Gasteiger partial charge in [0, 0.05) is 25.2 Å². The molecule has 1 aliphatic rings. The van der Waals surface area contributed by atoms with Crippen molar-refractivity contribution < 1.29 is 22.6 Å². The van der Waals surface area contributed by atoms with Gasteiger partial charge in [-0.1, -0.05) is 36.4 Å². The van der Waals surface area contributed by atoms with Crippen molar-refractivity contribution in [1.82, 2.24) is 4.98 Å². The second-order valence-corrected chi connectivity index (χ2v) is 8.07. The fourth-order valence-corrected chi connectivity index (χ4v) is 3.77. The fraction of sp³-hybridized carbons (Fsp3) is 0.320. The summed E-state index contributed by atoms with van der Waals surface area (Å²) >= 11 is 0. The van der Waals surface area contributed by atoms with Crippen molar-refractivity contribution in [2.45, 2.75) is 38.7 Å². The van der Waals surface area contributed by atoms with Crippen molar-refractivity contribution in [2.75, 3.05) is 18.0 Å². The lowest BCUT2D eigenvalue weighted by Gasteiger charge is -2.24. The Bertz CT molecular complexity index is 1040. The smallest absolute Gasteiger partial charge is 0.417 e. The number of rotatable bonds is 6. The number of alkyl halides is 3. The Balaban J connectivity index is 1.49. The minimum absolute atomic E-state index is 0.0192. The molecule has 0 radical (unpaired) electrons. The average Bonchev–Trinajstić information content (AvgIpc) is 3.22. The zero-order valence-corrected chi connectivity index (χ0v) is 18.0. The lowest BCUT2D eigenvalue weighted by molar-refractivity contribution is -0.137. The zero-order valence-electron chi connectivity index (χ0n) is 18.0. The fourth-order valence-electron chi connectivity index (χ4n) is 3.77. The van der Waals surface area contributed by atoms with E-state index in [0.29, 0.717) is 6.54 Å². The van der Waals surface area contributed by atoms with E-state index in [2.05, 4.69) is 40.2 Å². The Morgan fingerprint density at radius 3 is 2.44 bits per heavy atom. The molecule has 4 rings (SSSR count). The molecule has 0 amide bonds. The van der Waals surface area contributed by atoms with Crippen LogP contribution in [0.5, 0.6) is 11.6 Å². The van der Waals surface area contributed by atoms with E-state index < -0.39 is 11.7 Å². The third-order valence-corrected chi connectivity index (χ3v) is 5.27. The molecule has 4 nitrogen and oxygen atoms in total. The van der Waals surface area contributed by atoms with Gasteiger partial charge in [0.25, 0.3) is 0 Å². The van der Waals surface area contributed by atoms with Crippen LogP contribution in [0.1, 0.15) is 25.8 Å². The molecule has 2 heterocycles. The summed E-state index contributed by atoms with van der Waals surface area (Å²) in [7, 11) is 0. The van der Waals surface area contributed by atoms with Crippen LogP contribution in [-0.4, -0.2) is 30.3 Å². The molecule has 168 valence electrons. The third-order valence-electron chi connectivity index (χ3n) is 5.27. The number of aromatic nitrogens is 1. The number of nitrogens with zero attached hydrogens (tertiary/aromatic N) is 2. The van der Waals surface area contributed by atoms with Crippen molar-refractivity contribution in [3.63, 3.8) is 0 Å². The van der Waals surface area contributed by atoms with E-state index in [0.717, 1.165) is 47.8 Å². The van der Waals surface area contributed by atoms with Crippen LogP contribution in [0.15, 0.2) is 66.9 Å². The molecule has 0 N–H and O–H groups in total. The molecule has 7 heteroatoms. The molecular formula is C25H25F3N2O2. The zero-order chi connectivity index (χ0) is 22.7. The van der Waals surface area contributed by atoms with Crippen LogP contribution in [0.25, 0.3) is 11.1 Å². The van der Waals surface area contributed by atoms with Crippen molar-refractivity contribution in [1.29, 1.82) is 0 Å². The van der Waals surface area contributed by atoms with Gasteiger partial charge in [0.15, 0.2) is 0 Å². The summed E-state index contributed by atoms with van der Waals surface area (Å²) in [6.07, 6.45) is -3.01. The highest BCUT2D eigenvalue weighted by molar-refractivity contribution is 5.71. The van der Waals surface area contributed by atoms with Crippen molar-refractivity contribution in [3.05, 3.63) is 72.4 Å². The van der Waals surface area contributed by atoms with Gasteiger partial charge in [-0.3, -0.25) is 0 Å². The van der Waals surface area contributed by atoms with Crippen LogP contribution >= 0.6 is 0 Å². The second kappa shape index (κ2) is 9.10. The summed E-state index contributed by atoms with van der Waals surface area (Å²) in [5.74, 6) is 0.998. The molecule has 1 fully saturated rings. The number of hydrogen-bond acceptors (Lipinski definition) is 4. The molecule has 32 heavy (non-hydrogen) atoms. The molecule has 3 aromatic rings. The van der Waals surface area contributed by atoms with Crippen molar-refractivity contribution in [2.24, 2.45) is 0 Å². The number of halogens is 3. The van der Waals surface area contributed by atoms with E-state index in [1.807, 2.05) is 32.0 Å². The van der Waals surface area contributed by atoms with E-state index in [9.17, 15) is 13.2 Å². The lowest BCUT2D eigenvalue weighted by Crippen LogP contribution is -2.25. The van der Waals surface area contributed by atoms with Gasteiger partial charge in [0.2, 0.25) is 5.88 Å². The lowest BCUT2D eigenvalue weighted by atomic mass is 10.0. The van der Waals surface area contributed by atoms with Crippen LogP contribution in [0.2, 0.25) is 0 Å². The molecule has 1 saturated heterocycles. The van der Waals surface area contributed by atoms with E-state index >= 15 is 0 Å². The van der Waals surface area contributed by atoms with Gasteiger partial charge in [0.1, 0.15) is 11.9 Å². The number of anilines is 1. The van der Waals surface area contributed by atoms with Crippen molar-refractivity contribution in [3.8, 4) is 22.8 Å². The summed E-state index contributed by atoms with van der Waals surface area (Å²) in [6, 6.07) is 18.6. The second-order valence-electron chi connectivity index (χ2n) is 8.07. The van der Waals surface area contributed by atoms with Gasteiger partial charge in [-0.2, -0.15) is 13.2 Å². The monoisotopic (exact) mass is 442 g/mol. The van der Waals surface area contributed by atoms with E-state index in [4.69, 9.17) is 9.47 Å². The molecule has 1 atom stereocenters. The number of ether oxygens (including phenoxy) is 2. The summed E-state index contributed by atoms with van der Waals surface area (Å²) in [4.78, 5) is 6.00. The van der Waals surface area contributed by atoms with Gasteiger partial charge in [-0.05, 0) is 43.2 Å². The van der Waals surface area contributed by atoms with E-state index in [1.54, 1.807) is 0 Å². The maximum absolute atomic E-state index is 12.7. The van der Waals surface area contributed by atoms with Gasteiger partial charge < -0.3 is 14.4 Å². The molecular weight excluding hydrogens is 417 g/mol. The van der Waals surface area contributed by atoms with Gasteiger partial charge in [-0.15, -0.1) is 0 Å². The van der Waals surface area contributed by atoms with Crippen LogP contribution in [0, 0.1) is 0 Å². The molecule has 2 aromatic carbocycles. The number of hydrogen-bond donors (Lipinski definition) is 0. The van der Waals surface area contributed by atoms with Crippen LogP contribution in [-0.2, 0) is 6.18 Å².